The van der Waals surface area contributed by atoms with Gasteiger partial charge in [-0.1, -0.05) is 25.9 Å². The highest BCUT2D eigenvalue weighted by atomic mass is 32.1. The molecule has 0 aliphatic carbocycles. The predicted octanol–water partition coefficient (Wildman–Crippen LogP) is 2.87. The summed E-state index contributed by atoms with van der Waals surface area (Å²) in [5.41, 5.74) is 6.81. The molecule has 0 radical (unpaired) electrons. The summed E-state index contributed by atoms with van der Waals surface area (Å²) in [5.74, 6) is 1.50. The Morgan fingerprint density at radius 1 is 1.26 bits per heavy atom. The molecule has 104 valence electrons. The van der Waals surface area contributed by atoms with Crippen molar-refractivity contribution in [3.05, 3.63) is 22.8 Å². The molecule has 5 nitrogen and oxygen atoms in total. The summed E-state index contributed by atoms with van der Waals surface area (Å²) < 4.78 is 5.25. The van der Waals surface area contributed by atoms with Crippen LogP contribution in [0.3, 0.4) is 0 Å². The summed E-state index contributed by atoms with van der Waals surface area (Å²) in [6.07, 6.45) is 3.46. The monoisotopic (exact) mass is 280 g/mol. The van der Waals surface area contributed by atoms with Crippen LogP contribution in [-0.4, -0.2) is 15.1 Å². The van der Waals surface area contributed by atoms with E-state index in [4.69, 9.17) is 10.3 Å². The van der Waals surface area contributed by atoms with Gasteiger partial charge in [0, 0.05) is 18.2 Å². The lowest BCUT2D eigenvalue weighted by molar-refractivity contribution is 0.353. The van der Waals surface area contributed by atoms with Crippen molar-refractivity contribution < 1.29 is 4.52 Å². The van der Waals surface area contributed by atoms with Gasteiger partial charge in [-0.15, -0.1) is 11.3 Å². The summed E-state index contributed by atoms with van der Waals surface area (Å²) >= 11 is 1.48. The third-order valence-corrected chi connectivity index (χ3v) is 3.31. The summed E-state index contributed by atoms with van der Waals surface area (Å²) in [5, 5.41) is 6.63. The molecule has 0 aliphatic heterocycles. The fourth-order valence-electron chi connectivity index (χ4n) is 1.80. The standard InChI is InChI=1S/C13H20N4OS/c1-13(2,3)7-10-16-11(18-17-10)6-4-5-9-8-19-12(14)15-9/h8H,4-7H2,1-3H3,(H2,14,15). The minimum atomic E-state index is 0.180. The number of aromatic nitrogens is 3. The number of anilines is 1. The third kappa shape index (κ3) is 4.63. The first-order valence-electron chi connectivity index (χ1n) is 6.44. The maximum absolute atomic E-state index is 5.59. The fourth-order valence-corrected chi connectivity index (χ4v) is 2.39. The van der Waals surface area contributed by atoms with E-state index < -0.39 is 0 Å². The molecule has 0 bridgehead atoms. The van der Waals surface area contributed by atoms with E-state index in [1.165, 1.54) is 11.3 Å². The first-order valence-corrected chi connectivity index (χ1v) is 7.32. The highest BCUT2D eigenvalue weighted by Crippen LogP contribution is 2.19. The molecule has 2 aromatic rings. The average Bonchev–Trinajstić information content (AvgIpc) is 2.86. The number of hydrogen-bond donors (Lipinski definition) is 1. The minimum Gasteiger partial charge on any atom is -0.375 e. The molecule has 0 atom stereocenters. The van der Waals surface area contributed by atoms with Crippen LogP contribution in [0, 0.1) is 5.41 Å². The maximum atomic E-state index is 5.59. The Morgan fingerprint density at radius 3 is 2.68 bits per heavy atom. The number of thiazole rings is 1. The topological polar surface area (TPSA) is 77.8 Å². The number of nitrogen functional groups attached to an aromatic ring is 1. The van der Waals surface area contributed by atoms with Crippen molar-refractivity contribution in [2.45, 2.75) is 46.5 Å². The van der Waals surface area contributed by atoms with Crippen LogP contribution in [0.25, 0.3) is 0 Å². The number of aryl methyl sites for hydroxylation is 2. The summed E-state index contributed by atoms with van der Waals surface area (Å²) in [6, 6.07) is 0. The van der Waals surface area contributed by atoms with Crippen molar-refractivity contribution in [2.75, 3.05) is 5.73 Å². The second-order valence-electron chi connectivity index (χ2n) is 5.87. The van der Waals surface area contributed by atoms with Crippen molar-refractivity contribution in [3.8, 4) is 0 Å². The van der Waals surface area contributed by atoms with Gasteiger partial charge in [0.15, 0.2) is 11.0 Å². The molecule has 0 amide bonds. The van der Waals surface area contributed by atoms with Gasteiger partial charge in [-0.3, -0.25) is 0 Å². The van der Waals surface area contributed by atoms with Crippen LogP contribution in [0.2, 0.25) is 0 Å². The van der Waals surface area contributed by atoms with Crippen LogP contribution in [0.4, 0.5) is 5.13 Å². The molecule has 6 heteroatoms. The predicted molar refractivity (Wildman–Crippen MR) is 76.0 cm³/mol. The Balaban J connectivity index is 1.80. The number of nitrogens with zero attached hydrogens (tertiary/aromatic N) is 3. The van der Waals surface area contributed by atoms with Crippen molar-refractivity contribution >= 4 is 16.5 Å². The molecule has 0 aromatic carbocycles. The second kappa shape index (κ2) is 5.69. The highest BCUT2D eigenvalue weighted by Gasteiger charge is 2.16. The Labute approximate surface area is 117 Å². The van der Waals surface area contributed by atoms with E-state index in [1.807, 2.05) is 5.38 Å². The van der Waals surface area contributed by atoms with E-state index in [0.717, 1.165) is 37.2 Å². The van der Waals surface area contributed by atoms with E-state index in [-0.39, 0.29) is 5.41 Å². The largest absolute Gasteiger partial charge is 0.375 e. The van der Waals surface area contributed by atoms with Crippen molar-refractivity contribution in [1.82, 2.24) is 15.1 Å². The Morgan fingerprint density at radius 2 is 2.05 bits per heavy atom. The first-order chi connectivity index (χ1) is 8.92. The summed E-state index contributed by atoms with van der Waals surface area (Å²) in [4.78, 5) is 8.64. The third-order valence-electron chi connectivity index (χ3n) is 2.59. The Bertz CT molecular complexity index is 527. The van der Waals surface area contributed by atoms with Gasteiger partial charge < -0.3 is 10.3 Å². The number of hydrogen-bond acceptors (Lipinski definition) is 6. The zero-order chi connectivity index (χ0) is 13.9. The van der Waals surface area contributed by atoms with Crippen LogP contribution in [-0.2, 0) is 19.3 Å². The van der Waals surface area contributed by atoms with Crippen LogP contribution >= 0.6 is 11.3 Å². The van der Waals surface area contributed by atoms with Crippen LogP contribution in [0.1, 0.15) is 44.6 Å². The molecule has 2 aromatic heterocycles. The first kappa shape index (κ1) is 14.0. The molecule has 2 N–H and O–H groups in total. The zero-order valence-corrected chi connectivity index (χ0v) is 12.5. The lowest BCUT2D eigenvalue weighted by Crippen LogP contribution is -2.10. The smallest absolute Gasteiger partial charge is 0.226 e. The second-order valence-corrected chi connectivity index (χ2v) is 6.76. The van der Waals surface area contributed by atoms with E-state index in [1.54, 1.807) is 0 Å². The molecule has 0 fully saturated rings. The number of rotatable bonds is 5. The van der Waals surface area contributed by atoms with Crippen LogP contribution in [0.15, 0.2) is 9.90 Å². The van der Waals surface area contributed by atoms with Crippen LogP contribution < -0.4 is 5.73 Å². The van der Waals surface area contributed by atoms with Crippen molar-refractivity contribution in [2.24, 2.45) is 5.41 Å². The van der Waals surface area contributed by atoms with Gasteiger partial charge in [0.1, 0.15) is 0 Å². The van der Waals surface area contributed by atoms with E-state index in [9.17, 15) is 0 Å². The maximum Gasteiger partial charge on any atom is 0.226 e. The minimum absolute atomic E-state index is 0.180. The molecular formula is C13H20N4OS. The molecule has 0 aliphatic rings. The lowest BCUT2D eigenvalue weighted by atomic mass is 9.92. The van der Waals surface area contributed by atoms with E-state index in [0.29, 0.717) is 11.0 Å². The fraction of sp³-hybridized carbons (Fsp3) is 0.615. The summed E-state index contributed by atoms with van der Waals surface area (Å²) in [7, 11) is 0. The van der Waals surface area contributed by atoms with E-state index >= 15 is 0 Å². The highest BCUT2D eigenvalue weighted by molar-refractivity contribution is 7.13. The Kier molecular flexibility index (Phi) is 4.19. The van der Waals surface area contributed by atoms with Crippen molar-refractivity contribution in [1.29, 1.82) is 0 Å². The molecular weight excluding hydrogens is 260 g/mol. The molecule has 2 rings (SSSR count). The zero-order valence-electron chi connectivity index (χ0n) is 11.6. The molecule has 0 saturated carbocycles. The molecule has 0 saturated heterocycles. The van der Waals surface area contributed by atoms with E-state index in [2.05, 4.69) is 35.9 Å². The van der Waals surface area contributed by atoms with Gasteiger partial charge in [0.05, 0.1) is 5.69 Å². The Hall–Kier alpha value is -1.43. The van der Waals surface area contributed by atoms with Gasteiger partial charge in [0.2, 0.25) is 5.89 Å². The van der Waals surface area contributed by atoms with Gasteiger partial charge in [-0.05, 0) is 18.3 Å². The van der Waals surface area contributed by atoms with Gasteiger partial charge in [-0.25, -0.2) is 4.98 Å². The number of nitrogens with two attached hydrogens (primary N) is 1. The summed E-state index contributed by atoms with van der Waals surface area (Å²) in [6.45, 7) is 6.49. The molecule has 0 unspecified atom stereocenters. The molecule has 2 heterocycles. The lowest BCUT2D eigenvalue weighted by Gasteiger charge is -2.14. The van der Waals surface area contributed by atoms with Gasteiger partial charge >= 0.3 is 0 Å². The van der Waals surface area contributed by atoms with Gasteiger partial charge in [0.25, 0.3) is 0 Å². The molecule has 19 heavy (non-hydrogen) atoms. The van der Waals surface area contributed by atoms with Gasteiger partial charge in [-0.2, -0.15) is 4.98 Å². The van der Waals surface area contributed by atoms with Crippen molar-refractivity contribution in [3.63, 3.8) is 0 Å². The molecule has 0 spiro atoms. The normalized spacial score (nSPS) is 11.9. The quantitative estimate of drug-likeness (QED) is 0.911. The van der Waals surface area contributed by atoms with Crippen LogP contribution in [0.5, 0.6) is 0 Å². The SMILES string of the molecule is CC(C)(C)Cc1noc(CCCc2csc(N)n2)n1. The average molecular weight is 280 g/mol.